The molecule has 0 aromatic carbocycles. The quantitative estimate of drug-likeness (QED) is 0.770. The van der Waals surface area contributed by atoms with Crippen molar-refractivity contribution in [2.24, 2.45) is 5.92 Å². The maximum absolute atomic E-state index is 12.6. The standard InChI is InChI=1S/C20H30N6O.C2H4/c27-20(16-8-4-3-5-9-16)24-18-17-14-23-26(19(17)22-15-21-18)13-12-25-10-6-1-2-7-11-25;1-2/h14-16H,1-13H2,(H,21,22,24,27);1-2H2. The Balaban J connectivity index is 0.00000117. The van der Waals surface area contributed by atoms with Crippen molar-refractivity contribution in [3.63, 3.8) is 0 Å². The summed E-state index contributed by atoms with van der Waals surface area (Å²) in [6.45, 7) is 10.2. The Morgan fingerprint density at radius 2 is 1.69 bits per heavy atom. The van der Waals surface area contributed by atoms with Gasteiger partial charge in [-0.1, -0.05) is 32.1 Å². The molecule has 0 radical (unpaired) electrons. The van der Waals surface area contributed by atoms with E-state index in [1.807, 2.05) is 4.68 Å². The van der Waals surface area contributed by atoms with Crippen LogP contribution in [0, 0.1) is 5.92 Å². The van der Waals surface area contributed by atoms with Crippen LogP contribution in [0.2, 0.25) is 0 Å². The average molecular weight is 399 g/mol. The van der Waals surface area contributed by atoms with Gasteiger partial charge in [-0.25, -0.2) is 14.6 Å². The number of carbonyl (C=O) groups excluding carboxylic acids is 1. The zero-order valence-electron chi connectivity index (χ0n) is 17.5. The summed E-state index contributed by atoms with van der Waals surface area (Å²) >= 11 is 0. The van der Waals surface area contributed by atoms with E-state index in [9.17, 15) is 4.79 Å². The Morgan fingerprint density at radius 1 is 1.00 bits per heavy atom. The van der Waals surface area contributed by atoms with Crippen molar-refractivity contribution >= 4 is 22.8 Å². The highest BCUT2D eigenvalue weighted by Crippen LogP contribution is 2.26. The second-order valence-electron chi connectivity index (χ2n) is 7.91. The Kier molecular flexibility index (Phi) is 8.16. The molecule has 4 rings (SSSR count). The van der Waals surface area contributed by atoms with Crippen LogP contribution in [0.1, 0.15) is 57.8 Å². The number of likely N-dealkylation sites (tertiary alicyclic amines) is 1. The number of fused-ring (bicyclic) bond motifs is 1. The van der Waals surface area contributed by atoms with Gasteiger partial charge in [0.15, 0.2) is 5.65 Å². The molecule has 0 bridgehead atoms. The molecule has 0 unspecified atom stereocenters. The molecule has 1 saturated carbocycles. The zero-order chi connectivity index (χ0) is 20.5. The molecule has 29 heavy (non-hydrogen) atoms. The molecule has 0 spiro atoms. The molecule has 7 nitrogen and oxygen atoms in total. The number of nitrogens with zero attached hydrogens (tertiary/aromatic N) is 5. The lowest BCUT2D eigenvalue weighted by Crippen LogP contribution is -2.28. The van der Waals surface area contributed by atoms with Crippen LogP contribution in [0.5, 0.6) is 0 Å². The molecule has 7 heteroatoms. The maximum atomic E-state index is 12.6. The minimum Gasteiger partial charge on any atom is -0.310 e. The van der Waals surface area contributed by atoms with Crippen LogP contribution in [0.3, 0.4) is 0 Å². The molecule has 2 aliphatic rings. The normalized spacial score (nSPS) is 18.6. The fourth-order valence-corrected chi connectivity index (χ4v) is 4.34. The van der Waals surface area contributed by atoms with Crippen molar-refractivity contribution in [2.75, 3.05) is 25.0 Å². The van der Waals surface area contributed by atoms with Crippen molar-refractivity contribution < 1.29 is 4.79 Å². The van der Waals surface area contributed by atoms with Crippen LogP contribution in [0.15, 0.2) is 25.7 Å². The molecule has 3 heterocycles. The third-order valence-electron chi connectivity index (χ3n) is 5.98. The summed E-state index contributed by atoms with van der Waals surface area (Å²) in [6.07, 6.45) is 14.1. The van der Waals surface area contributed by atoms with Crippen molar-refractivity contribution in [2.45, 2.75) is 64.3 Å². The van der Waals surface area contributed by atoms with Gasteiger partial charge in [-0.2, -0.15) is 5.10 Å². The predicted octanol–water partition coefficient (Wildman–Crippen LogP) is 4.02. The molecule has 158 valence electrons. The van der Waals surface area contributed by atoms with Gasteiger partial charge in [0.1, 0.15) is 12.1 Å². The van der Waals surface area contributed by atoms with Crippen LogP contribution >= 0.6 is 0 Å². The number of amides is 1. The van der Waals surface area contributed by atoms with Crippen molar-refractivity contribution in [1.29, 1.82) is 0 Å². The summed E-state index contributed by atoms with van der Waals surface area (Å²) in [5, 5.41) is 8.38. The summed E-state index contributed by atoms with van der Waals surface area (Å²) in [4.78, 5) is 23.8. The monoisotopic (exact) mass is 398 g/mol. The Bertz CT molecular complexity index is 775. The van der Waals surface area contributed by atoms with Gasteiger partial charge in [-0.05, 0) is 38.8 Å². The first-order valence-corrected chi connectivity index (χ1v) is 11.0. The smallest absolute Gasteiger partial charge is 0.228 e. The molecule has 1 aliphatic heterocycles. The van der Waals surface area contributed by atoms with Crippen molar-refractivity contribution in [3.05, 3.63) is 25.7 Å². The molecular formula is C22H34N6O. The average Bonchev–Trinajstić information content (AvgIpc) is 3.01. The topological polar surface area (TPSA) is 75.9 Å². The van der Waals surface area contributed by atoms with Crippen molar-refractivity contribution in [3.8, 4) is 0 Å². The maximum Gasteiger partial charge on any atom is 0.228 e. The van der Waals surface area contributed by atoms with Crippen LogP contribution < -0.4 is 5.32 Å². The van der Waals surface area contributed by atoms with Gasteiger partial charge >= 0.3 is 0 Å². The van der Waals surface area contributed by atoms with E-state index in [4.69, 9.17) is 0 Å². The molecule has 2 fully saturated rings. The molecule has 1 saturated heterocycles. The lowest BCUT2D eigenvalue weighted by molar-refractivity contribution is -0.120. The van der Waals surface area contributed by atoms with E-state index in [1.54, 1.807) is 6.20 Å². The number of hydrogen-bond donors (Lipinski definition) is 1. The van der Waals surface area contributed by atoms with E-state index < -0.39 is 0 Å². The van der Waals surface area contributed by atoms with E-state index in [-0.39, 0.29) is 11.8 Å². The van der Waals surface area contributed by atoms with E-state index >= 15 is 0 Å². The third kappa shape index (κ3) is 5.63. The number of anilines is 1. The second-order valence-corrected chi connectivity index (χ2v) is 7.91. The zero-order valence-corrected chi connectivity index (χ0v) is 17.5. The summed E-state index contributed by atoms with van der Waals surface area (Å²) in [5.41, 5.74) is 0.804. The highest BCUT2D eigenvalue weighted by molar-refractivity contribution is 5.99. The molecule has 0 atom stereocenters. The van der Waals surface area contributed by atoms with Crippen LogP contribution in [-0.4, -0.2) is 50.2 Å². The fraction of sp³-hybridized carbons (Fsp3) is 0.636. The number of nitrogens with one attached hydrogen (secondary N) is 1. The number of aromatic nitrogens is 4. The molecular weight excluding hydrogens is 364 g/mol. The number of rotatable bonds is 5. The van der Waals surface area contributed by atoms with Gasteiger partial charge < -0.3 is 10.2 Å². The van der Waals surface area contributed by atoms with Gasteiger partial charge in [0.05, 0.1) is 18.1 Å². The van der Waals surface area contributed by atoms with E-state index in [2.05, 4.69) is 38.4 Å². The predicted molar refractivity (Wildman–Crippen MR) is 117 cm³/mol. The Hall–Kier alpha value is -2.28. The molecule has 2 aromatic rings. The number of hydrogen-bond acceptors (Lipinski definition) is 5. The summed E-state index contributed by atoms with van der Waals surface area (Å²) in [6, 6.07) is 0. The van der Waals surface area contributed by atoms with E-state index in [1.165, 1.54) is 51.5 Å². The lowest BCUT2D eigenvalue weighted by atomic mass is 9.89. The van der Waals surface area contributed by atoms with E-state index in [0.717, 1.165) is 49.8 Å². The van der Waals surface area contributed by atoms with E-state index in [0.29, 0.717) is 5.82 Å². The Morgan fingerprint density at radius 3 is 2.41 bits per heavy atom. The summed E-state index contributed by atoms with van der Waals surface area (Å²) in [5.74, 6) is 0.797. The fourth-order valence-electron chi connectivity index (χ4n) is 4.34. The molecule has 1 aliphatic carbocycles. The summed E-state index contributed by atoms with van der Waals surface area (Å²) in [7, 11) is 0. The highest BCUT2D eigenvalue weighted by atomic mass is 16.1. The third-order valence-corrected chi connectivity index (χ3v) is 5.98. The lowest BCUT2D eigenvalue weighted by Gasteiger charge is -2.20. The highest BCUT2D eigenvalue weighted by Gasteiger charge is 2.22. The van der Waals surface area contributed by atoms with Gasteiger partial charge in [0.25, 0.3) is 0 Å². The number of carbonyl (C=O) groups is 1. The van der Waals surface area contributed by atoms with Gasteiger partial charge in [0, 0.05) is 12.5 Å². The first-order chi connectivity index (χ1) is 14.3. The minimum atomic E-state index is 0.0898. The first kappa shape index (κ1) is 21.4. The van der Waals surface area contributed by atoms with Crippen molar-refractivity contribution in [1.82, 2.24) is 24.6 Å². The SMILES string of the molecule is C=C.O=C(Nc1ncnc2c1cnn2CCN1CCCCCC1)C1CCCCC1. The summed E-state index contributed by atoms with van der Waals surface area (Å²) < 4.78 is 1.94. The molecule has 1 N–H and O–H groups in total. The molecule has 2 aromatic heterocycles. The largest absolute Gasteiger partial charge is 0.310 e. The van der Waals surface area contributed by atoms with Gasteiger partial charge in [-0.15, -0.1) is 13.2 Å². The second kappa shape index (κ2) is 11.0. The first-order valence-electron chi connectivity index (χ1n) is 11.0. The van der Waals surface area contributed by atoms with Crippen LogP contribution in [0.25, 0.3) is 11.0 Å². The van der Waals surface area contributed by atoms with Crippen LogP contribution in [0.4, 0.5) is 5.82 Å². The minimum absolute atomic E-state index is 0.0898. The van der Waals surface area contributed by atoms with Gasteiger partial charge in [0.2, 0.25) is 5.91 Å². The Labute approximate surface area is 173 Å². The van der Waals surface area contributed by atoms with Gasteiger partial charge in [-0.3, -0.25) is 4.79 Å². The molecule has 1 amide bonds. The van der Waals surface area contributed by atoms with Crippen LogP contribution in [-0.2, 0) is 11.3 Å².